The highest BCUT2D eigenvalue weighted by molar-refractivity contribution is 5.96. The van der Waals surface area contributed by atoms with Crippen LogP contribution in [0.15, 0.2) is 12.1 Å². The van der Waals surface area contributed by atoms with Gasteiger partial charge in [-0.15, -0.1) is 0 Å². The van der Waals surface area contributed by atoms with E-state index < -0.39 is 0 Å². The first-order valence-electron chi connectivity index (χ1n) is 8.13. The van der Waals surface area contributed by atoms with Crippen molar-refractivity contribution in [3.05, 3.63) is 28.8 Å². The minimum atomic E-state index is 0.117. The van der Waals surface area contributed by atoms with Gasteiger partial charge in [-0.05, 0) is 49.6 Å². The van der Waals surface area contributed by atoms with Crippen molar-refractivity contribution in [3.63, 3.8) is 0 Å². The Kier molecular flexibility index (Phi) is 3.68. The summed E-state index contributed by atoms with van der Waals surface area (Å²) in [7, 11) is 2.13. The fourth-order valence-electron chi connectivity index (χ4n) is 4.04. The van der Waals surface area contributed by atoms with Crippen molar-refractivity contribution in [1.82, 2.24) is 9.80 Å². The van der Waals surface area contributed by atoms with E-state index in [1.165, 1.54) is 0 Å². The van der Waals surface area contributed by atoms with E-state index in [4.69, 9.17) is 0 Å². The van der Waals surface area contributed by atoms with E-state index in [0.717, 1.165) is 49.3 Å². The number of carbonyl (C=O) groups is 1. The van der Waals surface area contributed by atoms with Gasteiger partial charge in [0, 0.05) is 37.2 Å². The average Bonchev–Trinajstić information content (AvgIpc) is 2.82. The van der Waals surface area contributed by atoms with Crippen LogP contribution in [0.2, 0.25) is 0 Å². The zero-order chi connectivity index (χ0) is 16.1. The van der Waals surface area contributed by atoms with Gasteiger partial charge in [-0.25, -0.2) is 0 Å². The molecule has 0 aromatic heterocycles. The Morgan fingerprint density at radius 3 is 2.55 bits per heavy atom. The molecule has 3 rings (SSSR count). The number of benzene rings is 1. The maximum absolute atomic E-state index is 12.9. The summed E-state index contributed by atoms with van der Waals surface area (Å²) in [6.45, 7) is 9.89. The van der Waals surface area contributed by atoms with E-state index in [9.17, 15) is 9.90 Å². The highest BCUT2D eigenvalue weighted by Crippen LogP contribution is 2.39. The van der Waals surface area contributed by atoms with E-state index in [1.807, 2.05) is 31.7 Å². The van der Waals surface area contributed by atoms with Crippen LogP contribution in [0.1, 0.15) is 47.7 Å². The van der Waals surface area contributed by atoms with Crippen LogP contribution in [0.5, 0.6) is 5.75 Å². The molecule has 0 radical (unpaired) electrons. The standard InChI is InChI=1S/C18H26N2O2/c1-12(2)14-8-15(13(3)7-16(14)21)17(22)20-6-5-18(11-20)9-19(4)10-18/h7-8,12,21H,5-6,9-11H2,1-4H3. The minimum absolute atomic E-state index is 0.117. The lowest BCUT2D eigenvalue weighted by atomic mass is 9.79. The first-order valence-corrected chi connectivity index (χ1v) is 8.13. The van der Waals surface area contributed by atoms with Gasteiger partial charge in [-0.2, -0.15) is 0 Å². The van der Waals surface area contributed by atoms with Crippen molar-refractivity contribution >= 4 is 5.91 Å². The largest absolute Gasteiger partial charge is 0.508 e. The number of phenols is 1. The Balaban J connectivity index is 1.82. The molecular formula is C18H26N2O2. The van der Waals surface area contributed by atoms with Gasteiger partial charge in [0.25, 0.3) is 5.91 Å². The van der Waals surface area contributed by atoms with Crippen molar-refractivity contribution in [2.75, 3.05) is 33.2 Å². The molecule has 0 bridgehead atoms. The molecule has 2 saturated heterocycles. The van der Waals surface area contributed by atoms with E-state index in [1.54, 1.807) is 6.07 Å². The number of likely N-dealkylation sites (tertiary alicyclic amines) is 2. The zero-order valence-electron chi connectivity index (χ0n) is 14.0. The van der Waals surface area contributed by atoms with Crippen molar-refractivity contribution in [1.29, 1.82) is 0 Å². The lowest BCUT2D eigenvalue weighted by Gasteiger charge is -2.46. The van der Waals surface area contributed by atoms with Gasteiger partial charge in [0.1, 0.15) is 5.75 Å². The molecule has 1 amide bonds. The summed E-state index contributed by atoms with van der Waals surface area (Å²) in [4.78, 5) is 17.2. The van der Waals surface area contributed by atoms with Crippen LogP contribution in [0, 0.1) is 12.3 Å². The fourth-order valence-corrected chi connectivity index (χ4v) is 4.04. The van der Waals surface area contributed by atoms with Crippen molar-refractivity contribution < 1.29 is 9.90 Å². The molecule has 4 heteroatoms. The summed E-state index contributed by atoms with van der Waals surface area (Å²) < 4.78 is 0. The molecular weight excluding hydrogens is 276 g/mol. The number of phenolic OH excluding ortho intramolecular Hbond substituents is 1. The second kappa shape index (κ2) is 5.27. The molecule has 0 unspecified atom stereocenters. The van der Waals surface area contributed by atoms with E-state index in [2.05, 4.69) is 11.9 Å². The number of nitrogens with zero attached hydrogens (tertiary/aromatic N) is 2. The molecule has 1 aromatic rings. The third kappa shape index (κ3) is 2.50. The molecule has 4 nitrogen and oxygen atoms in total. The van der Waals surface area contributed by atoms with Crippen LogP contribution in [-0.4, -0.2) is 54.0 Å². The van der Waals surface area contributed by atoms with E-state index in [0.29, 0.717) is 11.2 Å². The van der Waals surface area contributed by atoms with E-state index in [-0.39, 0.29) is 11.8 Å². The Morgan fingerprint density at radius 1 is 1.27 bits per heavy atom. The van der Waals surface area contributed by atoms with Crippen LogP contribution in [0.4, 0.5) is 0 Å². The molecule has 22 heavy (non-hydrogen) atoms. The summed E-state index contributed by atoms with van der Waals surface area (Å²) in [5.41, 5.74) is 2.78. The van der Waals surface area contributed by atoms with Gasteiger partial charge in [-0.3, -0.25) is 4.79 Å². The molecule has 0 atom stereocenters. The average molecular weight is 302 g/mol. The van der Waals surface area contributed by atoms with Gasteiger partial charge < -0.3 is 14.9 Å². The molecule has 0 aliphatic carbocycles. The number of amides is 1. The number of carbonyl (C=O) groups excluding carboxylic acids is 1. The van der Waals surface area contributed by atoms with Gasteiger partial charge in [0.15, 0.2) is 0 Å². The predicted octanol–water partition coefficient (Wildman–Crippen LogP) is 2.60. The third-order valence-corrected chi connectivity index (χ3v) is 5.16. The zero-order valence-corrected chi connectivity index (χ0v) is 14.0. The Morgan fingerprint density at radius 2 is 1.95 bits per heavy atom. The van der Waals surface area contributed by atoms with Crippen molar-refractivity contribution in [2.45, 2.75) is 33.1 Å². The number of hydrogen-bond acceptors (Lipinski definition) is 3. The maximum atomic E-state index is 12.9. The summed E-state index contributed by atoms with van der Waals surface area (Å²) in [5.74, 6) is 0.616. The molecule has 120 valence electrons. The van der Waals surface area contributed by atoms with Crippen molar-refractivity contribution in [3.8, 4) is 5.75 Å². The minimum Gasteiger partial charge on any atom is -0.508 e. The van der Waals surface area contributed by atoms with Gasteiger partial charge in [-0.1, -0.05) is 13.8 Å². The Bertz CT molecular complexity index is 603. The molecule has 2 aliphatic rings. The summed E-state index contributed by atoms with van der Waals surface area (Å²) in [5, 5.41) is 10.1. The summed E-state index contributed by atoms with van der Waals surface area (Å²) >= 11 is 0. The van der Waals surface area contributed by atoms with Crippen LogP contribution in [0.25, 0.3) is 0 Å². The predicted molar refractivity (Wildman–Crippen MR) is 87.4 cm³/mol. The first kappa shape index (κ1) is 15.3. The monoisotopic (exact) mass is 302 g/mol. The Labute approximate surface area is 132 Å². The molecule has 1 aromatic carbocycles. The molecule has 2 aliphatic heterocycles. The van der Waals surface area contributed by atoms with Crippen molar-refractivity contribution in [2.24, 2.45) is 5.41 Å². The number of rotatable bonds is 2. The number of aryl methyl sites for hydroxylation is 1. The lowest BCUT2D eigenvalue weighted by Crippen LogP contribution is -2.55. The number of hydrogen-bond donors (Lipinski definition) is 1. The normalized spacial score (nSPS) is 20.7. The smallest absolute Gasteiger partial charge is 0.254 e. The summed E-state index contributed by atoms with van der Waals surface area (Å²) in [6, 6.07) is 3.61. The van der Waals surface area contributed by atoms with Gasteiger partial charge in [0.2, 0.25) is 0 Å². The lowest BCUT2D eigenvalue weighted by molar-refractivity contribution is 0.0293. The van der Waals surface area contributed by atoms with Crippen LogP contribution >= 0.6 is 0 Å². The van der Waals surface area contributed by atoms with Gasteiger partial charge >= 0.3 is 0 Å². The number of aromatic hydroxyl groups is 1. The van der Waals surface area contributed by atoms with Crippen LogP contribution in [0.3, 0.4) is 0 Å². The second-order valence-corrected chi connectivity index (χ2v) is 7.53. The topological polar surface area (TPSA) is 43.8 Å². The molecule has 1 N–H and O–H groups in total. The molecule has 2 heterocycles. The highest BCUT2D eigenvalue weighted by atomic mass is 16.3. The quantitative estimate of drug-likeness (QED) is 0.913. The Hall–Kier alpha value is -1.55. The molecule has 2 fully saturated rings. The maximum Gasteiger partial charge on any atom is 0.254 e. The second-order valence-electron chi connectivity index (χ2n) is 7.53. The molecule has 1 spiro atoms. The van der Waals surface area contributed by atoms with Crippen LogP contribution in [-0.2, 0) is 0 Å². The first-order chi connectivity index (χ1) is 10.3. The van der Waals surface area contributed by atoms with Crippen LogP contribution < -0.4 is 0 Å². The fraction of sp³-hybridized carbons (Fsp3) is 0.611. The van der Waals surface area contributed by atoms with E-state index >= 15 is 0 Å². The SMILES string of the molecule is Cc1cc(O)c(C(C)C)cc1C(=O)N1CCC2(CN(C)C2)C1. The summed E-state index contributed by atoms with van der Waals surface area (Å²) in [6.07, 6.45) is 1.11. The molecule has 0 saturated carbocycles. The van der Waals surface area contributed by atoms with Gasteiger partial charge in [0.05, 0.1) is 0 Å². The third-order valence-electron chi connectivity index (χ3n) is 5.16. The highest BCUT2D eigenvalue weighted by Gasteiger charge is 2.47.